The number of hydrogen-bond donors (Lipinski definition) is 0. The summed E-state index contributed by atoms with van der Waals surface area (Å²) in [6.45, 7) is 0. The Bertz CT molecular complexity index is 4170. The second-order valence-electron chi connectivity index (χ2n) is 18.8. The molecule has 1 unspecified atom stereocenters. The summed E-state index contributed by atoms with van der Waals surface area (Å²) in [6.07, 6.45) is 0. The molecule has 0 saturated heterocycles. The van der Waals surface area contributed by atoms with Crippen molar-refractivity contribution in [1.82, 2.24) is 9.13 Å². The molecule has 2 aliphatic rings. The van der Waals surface area contributed by atoms with Crippen molar-refractivity contribution in [3.05, 3.63) is 283 Å². The number of hydrogen-bond acceptors (Lipinski definition) is 1. The third-order valence-corrected chi connectivity index (χ3v) is 15.3. The van der Waals surface area contributed by atoms with E-state index in [1.54, 1.807) is 0 Å². The predicted octanol–water partition coefficient (Wildman–Crippen LogP) is 17.4. The summed E-state index contributed by atoms with van der Waals surface area (Å²) in [5, 5.41) is 4.95. The summed E-state index contributed by atoms with van der Waals surface area (Å²) in [7, 11) is 0. The van der Waals surface area contributed by atoms with Crippen LogP contribution in [0.2, 0.25) is 0 Å². The molecule has 0 amide bonds. The van der Waals surface area contributed by atoms with Gasteiger partial charge in [0.1, 0.15) is 0 Å². The summed E-state index contributed by atoms with van der Waals surface area (Å²) in [5.41, 5.74) is 22.6. The van der Waals surface area contributed by atoms with E-state index in [1.807, 2.05) is 0 Å². The van der Waals surface area contributed by atoms with Gasteiger partial charge in [-0.05, 0) is 117 Å². The minimum atomic E-state index is -0.636. The SMILES string of the molecule is c1ccc(-c2ccc(-n3c4ccc(N(c5ccccc5)c5ccccc5)cc4c4ccc5c(c43)C3(c4ccccc4-5)c4ccccc4-c4c3ccc3c5ccccc5n(-c5ccccc5)c43)cc2)cc1. The number of benzene rings is 11. The predicted molar refractivity (Wildman–Crippen MR) is 292 cm³/mol. The second-order valence-corrected chi connectivity index (χ2v) is 18.8. The Hall–Kier alpha value is -9.18. The zero-order chi connectivity index (χ0) is 45.9. The van der Waals surface area contributed by atoms with Crippen molar-refractivity contribution in [2.75, 3.05) is 4.90 Å². The lowest BCUT2D eigenvalue weighted by Crippen LogP contribution is -2.26. The molecule has 326 valence electrons. The van der Waals surface area contributed by atoms with Crippen LogP contribution in [0.1, 0.15) is 22.3 Å². The van der Waals surface area contributed by atoms with Crippen LogP contribution in [0, 0.1) is 0 Å². The van der Waals surface area contributed by atoms with Crippen molar-refractivity contribution in [2.45, 2.75) is 5.41 Å². The summed E-state index contributed by atoms with van der Waals surface area (Å²) >= 11 is 0. The molecule has 70 heavy (non-hydrogen) atoms. The van der Waals surface area contributed by atoms with E-state index in [-0.39, 0.29) is 0 Å². The van der Waals surface area contributed by atoms with Gasteiger partial charge in [0.25, 0.3) is 0 Å². The average molecular weight is 890 g/mol. The van der Waals surface area contributed by atoms with Crippen molar-refractivity contribution in [3.8, 4) is 44.8 Å². The van der Waals surface area contributed by atoms with Gasteiger partial charge in [0.15, 0.2) is 0 Å². The van der Waals surface area contributed by atoms with Gasteiger partial charge in [0.05, 0.1) is 27.5 Å². The zero-order valence-electron chi connectivity index (χ0n) is 38.2. The Kier molecular flexibility index (Phi) is 8.28. The fourth-order valence-corrected chi connectivity index (χ4v) is 12.5. The van der Waals surface area contributed by atoms with Crippen LogP contribution in [0.5, 0.6) is 0 Å². The van der Waals surface area contributed by atoms with E-state index in [4.69, 9.17) is 0 Å². The molecule has 0 fully saturated rings. The number of para-hydroxylation sites is 4. The summed E-state index contributed by atoms with van der Waals surface area (Å²) in [5.74, 6) is 0. The normalized spacial score (nSPS) is 14.3. The van der Waals surface area contributed by atoms with E-state index in [9.17, 15) is 0 Å². The maximum atomic E-state index is 2.57. The highest BCUT2D eigenvalue weighted by Gasteiger charge is 2.54. The van der Waals surface area contributed by atoms with Gasteiger partial charge < -0.3 is 14.0 Å². The highest BCUT2D eigenvalue weighted by atomic mass is 15.1. The van der Waals surface area contributed by atoms with Gasteiger partial charge in [-0.1, -0.05) is 188 Å². The van der Waals surface area contributed by atoms with Gasteiger partial charge in [-0.15, -0.1) is 0 Å². The monoisotopic (exact) mass is 889 g/mol. The molecule has 0 aliphatic heterocycles. The lowest BCUT2D eigenvalue weighted by molar-refractivity contribution is 0.797. The first-order valence-electron chi connectivity index (χ1n) is 24.3. The molecule has 0 saturated carbocycles. The molecule has 2 aliphatic carbocycles. The van der Waals surface area contributed by atoms with Gasteiger partial charge in [-0.3, -0.25) is 0 Å². The molecular formula is C67H43N3. The molecule has 0 bridgehead atoms. The first-order valence-corrected chi connectivity index (χ1v) is 24.3. The van der Waals surface area contributed by atoms with Gasteiger partial charge in [0.2, 0.25) is 0 Å². The van der Waals surface area contributed by atoms with Crippen LogP contribution in [0.4, 0.5) is 17.1 Å². The largest absolute Gasteiger partial charge is 0.310 e. The van der Waals surface area contributed by atoms with Crippen molar-refractivity contribution < 1.29 is 0 Å². The van der Waals surface area contributed by atoms with E-state index in [0.29, 0.717) is 0 Å². The smallest absolute Gasteiger partial charge is 0.0747 e. The molecule has 1 spiro atoms. The Balaban J connectivity index is 1.09. The Labute approximate surface area is 406 Å². The van der Waals surface area contributed by atoms with E-state index in [1.165, 1.54) is 93.7 Å². The Morgan fingerprint density at radius 3 is 1.56 bits per heavy atom. The molecule has 0 N–H and O–H groups in total. The topological polar surface area (TPSA) is 13.1 Å². The summed E-state index contributed by atoms with van der Waals surface area (Å²) < 4.78 is 5.09. The lowest BCUT2D eigenvalue weighted by Gasteiger charge is -2.31. The molecule has 2 aromatic heterocycles. The Morgan fingerprint density at radius 2 is 0.829 bits per heavy atom. The molecule has 3 heteroatoms. The number of fused-ring (bicyclic) bond motifs is 18. The number of nitrogens with zero attached hydrogens (tertiary/aromatic N) is 3. The van der Waals surface area contributed by atoms with Crippen molar-refractivity contribution in [3.63, 3.8) is 0 Å². The molecule has 0 radical (unpaired) electrons. The van der Waals surface area contributed by atoms with Gasteiger partial charge in [-0.2, -0.15) is 0 Å². The molecule has 11 aromatic carbocycles. The van der Waals surface area contributed by atoms with Crippen LogP contribution in [0.15, 0.2) is 261 Å². The van der Waals surface area contributed by atoms with Crippen molar-refractivity contribution in [1.29, 1.82) is 0 Å². The van der Waals surface area contributed by atoms with Gasteiger partial charge >= 0.3 is 0 Å². The lowest BCUT2D eigenvalue weighted by atomic mass is 9.70. The third kappa shape index (κ3) is 5.29. The van der Waals surface area contributed by atoms with Gasteiger partial charge in [-0.25, -0.2) is 0 Å². The quantitative estimate of drug-likeness (QED) is 0.162. The van der Waals surface area contributed by atoms with E-state index in [0.717, 1.165) is 34.0 Å². The van der Waals surface area contributed by atoms with Crippen LogP contribution in [0.3, 0.4) is 0 Å². The van der Waals surface area contributed by atoms with Crippen LogP contribution in [0.25, 0.3) is 88.4 Å². The maximum Gasteiger partial charge on any atom is 0.0747 e. The van der Waals surface area contributed by atoms with Crippen molar-refractivity contribution >= 4 is 60.7 Å². The standard InChI is InChI=1S/C67H43N3/c1-5-19-44(20-6-1)45-33-35-49(36-34-45)70-62-42-37-50(68(46-21-7-2-8-22-46)47-23-9-3-10-24-47)43-57(62)55-39-38-53-51-27-13-16-30-58(51)67(64(53)66(55)70)59-31-17-14-29-56(59)63-60(67)41-40-54-52-28-15-18-32-61(52)69(65(54)63)48-25-11-4-12-26-48/h1-43H. The first-order chi connectivity index (χ1) is 34.8. The number of anilines is 3. The number of aromatic nitrogens is 2. The zero-order valence-corrected chi connectivity index (χ0v) is 38.2. The number of rotatable bonds is 6. The Morgan fingerprint density at radius 1 is 0.300 bits per heavy atom. The van der Waals surface area contributed by atoms with Crippen LogP contribution < -0.4 is 4.90 Å². The highest BCUT2D eigenvalue weighted by molar-refractivity contribution is 6.19. The minimum absolute atomic E-state index is 0.636. The van der Waals surface area contributed by atoms with Crippen LogP contribution in [-0.4, -0.2) is 9.13 Å². The molecular weight excluding hydrogens is 847 g/mol. The molecule has 1 atom stereocenters. The van der Waals surface area contributed by atoms with E-state index >= 15 is 0 Å². The highest BCUT2D eigenvalue weighted by Crippen LogP contribution is 2.66. The first kappa shape index (κ1) is 38.9. The summed E-state index contributed by atoms with van der Waals surface area (Å²) in [4.78, 5) is 2.38. The molecule has 13 aromatic rings. The fraction of sp³-hybridized carbons (Fsp3) is 0.0149. The summed E-state index contributed by atoms with van der Waals surface area (Å²) in [6, 6.07) is 96.5. The molecule has 15 rings (SSSR count). The maximum absolute atomic E-state index is 2.57. The van der Waals surface area contributed by atoms with E-state index in [2.05, 4.69) is 275 Å². The molecule has 3 nitrogen and oxygen atoms in total. The fourth-order valence-electron chi connectivity index (χ4n) is 12.5. The van der Waals surface area contributed by atoms with Gasteiger partial charge in [0, 0.05) is 61.1 Å². The van der Waals surface area contributed by atoms with Crippen LogP contribution in [-0.2, 0) is 5.41 Å². The van der Waals surface area contributed by atoms with Crippen molar-refractivity contribution in [2.24, 2.45) is 0 Å². The van der Waals surface area contributed by atoms with Crippen LogP contribution >= 0.6 is 0 Å². The minimum Gasteiger partial charge on any atom is -0.310 e. The van der Waals surface area contributed by atoms with E-state index < -0.39 is 5.41 Å². The third-order valence-electron chi connectivity index (χ3n) is 15.3. The second kappa shape index (κ2) is 14.9. The average Bonchev–Trinajstić information content (AvgIpc) is 4.14. The molecule has 2 heterocycles.